The molecule has 0 spiro atoms. The van der Waals surface area contributed by atoms with Crippen LogP contribution in [0.25, 0.3) is 49.4 Å². The van der Waals surface area contributed by atoms with E-state index in [9.17, 15) is 0 Å². The highest BCUT2D eigenvalue weighted by Crippen LogP contribution is 2.55. The monoisotopic (exact) mass is 704 g/mol. The largest absolute Gasteiger partial charge is 0.310 e. The minimum Gasteiger partial charge on any atom is -0.310 e. The number of fused-ring (bicyclic) bond motifs is 8. The third-order valence-electron chi connectivity index (χ3n) is 11.7. The van der Waals surface area contributed by atoms with E-state index in [1.54, 1.807) is 0 Å². The van der Waals surface area contributed by atoms with Gasteiger partial charge in [0.05, 0.1) is 24.8 Å². The summed E-state index contributed by atoms with van der Waals surface area (Å²) in [5.41, 5.74) is 13.9. The van der Waals surface area contributed by atoms with Crippen LogP contribution >= 0.6 is 0 Å². The average molecular weight is 705 g/mol. The van der Waals surface area contributed by atoms with E-state index in [1.165, 1.54) is 88.3 Å². The number of hydrogen-bond donors (Lipinski definition) is 0. The summed E-state index contributed by atoms with van der Waals surface area (Å²) < 4.78 is 2.45. The molecule has 0 saturated carbocycles. The minimum absolute atomic E-state index is 0.0799. The Balaban J connectivity index is 1.26. The third-order valence-corrected chi connectivity index (χ3v) is 13.8. The van der Waals surface area contributed by atoms with Crippen molar-refractivity contribution in [3.63, 3.8) is 0 Å². The van der Waals surface area contributed by atoms with Crippen LogP contribution < -0.4 is 10.1 Å². The maximum atomic E-state index is 2.50. The average Bonchev–Trinajstić information content (AvgIpc) is 3.60. The molecular formula is C50H48N2Si. The Morgan fingerprint density at radius 2 is 1.08 bits per heavy atom. The van der Waals surface area contributed by atoms with Crippen molar-refractivity contribution in [2.24, 2.45) is 0 Å². The summed E-state index contributed by atoms with van der Waals surface area (Å²) in [5, 5.41) is 6.60. The van der Waals surface area contributed by atoms with Crippen LogP contribution in [0.2, 0.25) is 19.6 Å². The van der Waals surface area contributed by atoms with Gasteiger partial charge in [-0.2, -0.15) is 0 Å². The fraction of sp³-hybridized carbons (Fsp3) is 0.200. The molecule has 0 bridgehead atoms. The highest BCUT2D eigenvalue weighted by atomic mass is 28.3. The van der Waals surface area contributed by atoms with E-state index in [2.05, 4.69) is 209 Å². The lowest BCUT2D eigenvalue weighted by atomic mass is 9.81. The fourth-order valence-corrected chi connectivity index (χ4v) is 9.89. The molecule has 1 heterocycles. The second-order valence-electron chi connectivity index (χ2n) is 17.5. The van der Waals surface area contributed by atoms with Gasteiger partial charge < -0.3 is 9.47 Å². The van der Waals surface area contributed by atoms with Crippen LogP contribution in [0.15, 0.2) is 146 Å². The van der Waals surface area contributed by atoms with Crippen LogP contribution in [0.4, 0.5) is 17.1 Å². The van der Waals surface area contributed by atoms with Gasteiger partial charge >= 0.3 is 0 Å². The van der Waals surface area contributed by atoms with Crippen LogP contribution in [0.3, 0.4) is 0 Å². The van der Waals surface area contributed by atoms with E-state index in [1.807, 2.05) is 0 Å². The molecule has 53 heavy (non-hydrogen) atoms. The molecule has 1 aromatic heterocycles. The van der Waals surface area contributed by atoms with E-state index in [0.717, 1.165) is 0 Å². The molecule has 7 aromatic carbocycles. The van der Waals surface area contributed by atoms with Crippen LogP contribution in [0, 0.1) is 0 Å². The van der Waals surface area contributed by atoms with Crippen molar-refractivity contribution in [3.05, 3.63) is 162 Å². The number of nitrogens with zero attached hydrogens (tertiary/aromatic N) is 2. The molecule has 9 rings (SSSR count). The Bertz CT molecular complexity index is 2590. The number of para-hydroxylation sites is 2. The topological polar surface area (TPSA) is 8.17 Å². The van der Waals surface area contributed by atoms with Gasteiger partial charge in [0.15, 0.2) is 0 Å². The van der Waals surface area contributed by atoms with Crippen LogP contribution in [-0.4, -0.2) is 12.6 Å². The minimum atomic E-state index is -1.47. The molecule has 0 radical (unpaired) electrons. The maximum absolute atomic E-state index is 2.50. The standard InChI is InChI=1S/C50H48N2Si/c1-49(2,3)33-21-23-34(24-22-33)51(35-25-28-37(29-26-35)53(6,7)8)47-32-44-48(41-18-10-9-17-40(41)47)42-30-27-36(31-43(42)50(44,4)5)52-45-19-13-11-15-38(45)39-16-12-14-20-46(39)52/h9-32H,1-8H3. The maximum Gasteiger partial charge on any atom is 0.0775 e. The Hall–Kier alpha value is -5.38. The van der Waals surface area contributed by atoms with Crippen molar-refractivity contribution in [1.82, 2.24) is 4.57 Å². The summed E-state index contributed by atoms with van der Waals surface area (Å²) in [6.07, 6.45) is 0. The van der Waals surface area contributed by atoms with Crippen LogP contribution in [0.1, 0.15) is 51.3 Å². The molecule has 0 unspecified atom stereocenters. The van der Waals surface area contributed by atoms with Gasteiger partial charge in [-0.1, -0.05) is 150 Å². The second kappa shape index (κ2) is 11.8. The van der Waals surface area contributed by atoms with Crippen molar-refractivity contribution >= 4 is 62.9 Å². The highest BCUT2D eigenvalue weighted by Gasteiger charge is 2.38. The van der Waals surface area contributed by atoms with E-state index in [0.29, 0.717) is 0 Å². The molecule has 0 atom stereocenters. The van der Waals surface area contributed by atoms with Crippen molar-refractivity contribution in [1.29, 1.82) is 0 Å². The molecule has 0 N–H and O–H groups in total. The lowest BCUT2D eigenvalue weighted by Crippen LogP contribution is -2.37. The van der Waals surface area contributed by atoms with Gasteiger partial charge in [-0.15, -0.1) is 0 Å². The zero-order valence-electron chi connectivity index (χ0n) is 32.3. The number of benzene rings is 7. The normalized spacial score (nSPS) is 13.8. The van der Waals surface area contributed by atoms with Gasteiger partial charge in [-0.3, -0.25) is 0 Å². The van der Waals surface area contributed by atoms with Crippen LogP contribution in [-0.2, 0) is 10.8 Å². The molecule has 1 aliphatic carbocycles. The van der Waals surface area contributed by atoms with Crippen molar-refractivity contribution in [2.75, 3.05) is 4.90 Å². The van der Waals surface area contributed by atoms with Crippen LogP contribution in [0.5, 0.6) is 0 Å². The first-order valence-electron chi connectivity index (χ1n) is 19.0. The molecule has 3 heteroatoms. The van der Waals surface area contributed by atoms with E-state index >= 15 is 0 Å². The fourth-order valence-electron chi connectivity index (χ4n) is 8.72. The van der Waals surface area contributed by atoms with Crippen molar-refractivity contribution < 1.29 is 0 Å². The smallest absolute Gasteiger partial charge is 0.0775 e. The summed E-state index contributed by atoms with van der Waals surface area (Å²) in [7, 11) is -1.47. The summed E-state index contributed by atoms with van der Waals surface area (Å²) in [6.45, 7) is 19.0. The van der Waals surface area contributed by atoms with Gasteiger partial charge in [0, 0.05) is 38.6 Å². The van der Waals surface area contributed by atoms with Gasteiger partial charge in [0.25, 0.3) is 0 Å². The molecule has 8 aromatic rings. The van der Waals surface area contributed by atoms with Gasteiger partial charge in [0.2, 0.25) is 0 Å². The predicted octanol–water partition coefficient (Wildman–Crippen LogP) is 13.6. The molecular weight excluding hydrogens is 657 g/mol. The Morgan fingerprint density at radius 1 is 0.547 bits per heavy atom. The Labute approximate surface area is 315 Å². The van der Waals surface area contributed by atoms with Gasteiger partial charge in [0.1, 0.15) is 0 Å². The van der Waals surface area contributed by atoms with Crippen molar-refractivity contribution in [2.45, 2.75) is 65.1 Å². The molecule has 1 aliphatic rings. The zero-order chi connectivity index (χ0) is 36.9. The number of rotatable bonds is 5. The first-order chi connectivity index (χ1) is 25.3. The third kappa shape index (κ3) is 5.28. The lowest BCUT2D eigenvalue weighted by molar-refractivity contribution is 0.590. The molecule has 0 amide bonds. The Morgan fingerprint density at radius 3 is 1.64 bits per heavy atom. The predicted molar refractivity (Wildman–Crippen MR) is 232 cm³/mol. The Kier molecular flexibility index (Phi) is 7.46. The second-order valence-corrected chi connectivity index (χ2v) is 22.6. The molecule has 262 valence electrons. The zero-order valence-corrected chi connectivity index (χ0v) is 33.3. The summed E-state index contributed by atoms with van der Waals surface area (Å²) >= 11 is 0. The van der Waals surface area contributed by atoms with Gasteiger partial charge in [-0.25, -0.2) is 0 Å². The molecule has 2 nitrogen and oxygen atoms in total. The first-order valence-corrected chi connectivity index (χ1v) is 22.5. The van der Waals surface area contributed by atoms with Crippen molar-refractivity contribution in [3.8, 4) is 16.8 Å². The van der Waals surface area contributed by atoms with E-state index in [-0.39, 0.29) is 10.8 Å². The van der Waals surface area contributed by atoms with E-state index in [4.69, 9.17) is 0 Å². The summed E-state index contributed by atoms with van der Waals surface area (Å²) in [5.74, 6) is 0. The summed E-state index contributed by atoms with van der Waals surface area (Å²) in [6, 6.07) is 55.0. The molecule has 0 fully saturated rings. The highest BCUT2D eigenvalue weighted by molar-refractivity contribution is 6.88. The quantitative estimate of drug-likeness (QED) is 0.162. The van der Waals surface area contributed by atoms with Gasteiger partial charge in [-0.05, 0) is 93.2 Å². The SMILES string of the molecule is CC(C)(C)c1ccc(N(c2ccc([Si](C)(C)C)cc2)c2cc3c(c4ccccc24)-c2ccc(-n4c5ccccc5c5ccccc54)cc2C3(C)C)cc1. The molecule has 0 aliphatic heterocycles. The summed E-state index contributed by atoms with van der Waals surface area (Å²) in [4.78, 5) is 2.49. The number of hydrogen-bond acceptors (Lipinski definition) is 1. The lowest BCUT2D eigenvalue weighted by Gasteiger charge is -2.31. The number of aromatic nitrogens is 1. The molecule has 0 saturated heterocycles. The first kappa shape index (κ1) is 33.5. The van der Waals surface area contributed by atoms with E-state index < -0.39 is 8.07 Å². The number of anilines is 3.